The highest BCUT2D eigenvalue weighted by molar-refractivity contribution is 6.00. The molecule has 1 aromatic heterocycles. The number of anilines is 1. The number of morpholine rings is 1. The van der Waals surface area contributed by atoms with Gasteiger partial charge in [0.05, 0.1) is 34.9 Å². The number of nitro benzene ring substituents is 1. The summed E-state index contributed by atoms with van der Waals surface area (Å²) in [5, 5.41) is 30.1. The number of aromatic nitrogens is 2. The fourth-order valence-electron chi connectivity index (χ4n) is 4.37. The first-order valence-corrected chi connectivity index (χ1v) is 11.4. The lowest BCUT2D eigenvalue weighted by atomic mass is 10.0. The van der Waals surface area contributed by atoms with Crippen molar-refractivity contribution in [2.45, 2.75) is 6.92 Å². The average Bonchev–Trinajstić information content (AvgIpc) is 2.93. The van der Waals surface area contributed by atoms with Gasteiger partial charge < -0.3 is 14.8 Å². The molecule has 0 bridgehead atoms. The highest BCUT2D eigenvalue weighted by atomic mass is 16.6. The number of nitrogens with zero attached hydrogens (tertiary/aromatic N) is 5. The molecule has 182 valence electrons. The molecule has 3 aromatic carbocycles. The third-order valence-electron chi connectivity index (χ3n) is 6.27. The molecule has 0 atom stereocenters. The van der Waals surface area contributed by atoms with E-state index in [1.807, 2.05) is 12.1 Å². The van der Waals surface area contributed by atoms with Gasteiger partial charge in [-0.15, -0.1) is 0 Å². The third kappa shape index (κ3) is 4.18. The van der Waals surface area contributed by atoms with Crippen LogP contribution in [0.15, 0.2) is 76.7 Å². The van der Waals surface area contributed by atoms with Crippen molar-refractivity contribution in [3.63, 3.8) is 0 Å². The minimum atomic E-state index is -0.511. The minimum absolute atomic E-state index is 0.0882. The van der Waals surface area contributed by atoms with Crippen LogP contribution in [-0.4, -0.2) is 51.9 Å². The number of hydrogen-bond donors (Lipinski definition) is 1. The molecule has 0 aliphatic carbocycles. The summed E-state index contributed by atoms with van der Waals surface area (Å²) in [7, 11) is 0. The smallest absolute Gasteiger partial charge is 0.295 e. The molecule has 0 radical (unpaired) electrons. The summed E-state index contributed by atoms with van der Waals surface area (Å²) >= 11 is 0. The maximum absolute atomic E-state index is 13.6. The van der Waals surface area contributed by atoms with Crippen LogP contribution < -0.4 is 10.5 Å². The van der Waals surface area contributed by atoms with Crippen LogP contribution in [0.4, 0.5) is 11.4 Å². The van der Waals surface area contributed by atoms with Crippen LogP contribution in [0.2, 0.25) is 0 Å². The Morgan fingerprint density at radius 3 is 2.53 bits per heavy atom. The Labute approximate surface area is 205 Å². The molecule has 4 aromatic rings. The minimum Gasteiger partial charge on any atom is -0.411 e. The lowest BCUT2D eigenvalue weighted by Crippen LogP contribution is -2.36. The molecule has 36 heavy (non-hydrogen) atoms. The van der Waals surface area contributed by atoms with E-state index in [0.717, 1.165) is 10.4 Å². The van der Waals surface area contributed by atoms with E-state index in [0.29, 0.717) is 59.6 Å². The highest BCUT2D eigenvalue weighted by Gasteiger charge is 2.23. The van der Waals surface area contributed by atoms with Gasteiger partial charge in [-0.1, -0.05) is 41.6 Å². The van der Waals surface area contributed by atoms with Crippen LogP contribution in [0.25, 0.3) is 27.7 Å². The average molecular weight is 486 g/mol. The number of fused-ring (bicyclic) bond motifs is 1. The summed E-state index contributed by atoms with van der Waals surface area (Å²) < 4.78 is 6.53. The summed E-state index contributed by atoms with van der Waals surface area (Å²) in [6.45, 7) is 4.06. The molecule has 10 heteroatoms. The molecule has 0 unspecified atom stereocenters. The fraction of sp³-hybridized carbons (Fsp3) is 0.192. The molecule has 10 nitrogen and oxygen atoms in total. The maximum Gasteiger partial charge on any atom is 0.295 e. The molecule has 0 saturated carbocycles. The zero-order valence-corrected chi connectivity index (χ0v) is 19.5. The molecule has 1 aliphatic rings. The van der Waals surface area contributed by atoms with Crippen molar-refractivity contribution in [2.24, 2.45) is 5.16 Å². The van der Waals surface area contributed by atoms with Crippen LogP contribution >= 0.6 is 0 Å². The van der Waals surface area contributed by atoms with Crippen molar-refractivity contribution in [2.75, 3.05) is 31.2 Å². The molecule has 1 saturated heterocycles. The van der Waals surface area contributed by atoms with Crippen molar-refractivity contribution in [1.29, 1.82) is 0 Å². The Kier molecular flexibility index (Phi) is 6.17. The van der Waals surface area contributed by atoms with Crippen LogP contribution in [0, 0.1) is 10.1 Å². The molecular formula is C26H23N5O5. The number of ether oxygens (including phenoxy) is 1. The van der Waals surface area contributed by atoms with Crippen molar-refractivity contribution < 1.29 is 14.9 Å². The first kappa shape index (κ1) is 23.2. The van der Waals surface area contributed by atoms with Gasteiger partial charge in [0.15, 0.2) is 0 Å². The van der Waals surface area contributed by atoms with Gasteiger partial charge in [0.25, 0.3) is 11.2 Å². The van der Waals surface area contributed by atoms with E-state index in [-0.39, 0.29) is 11.4 Å². The standard InChI is InChI=1S/C26H23N5O5/c1-17(28-33)18-5-4-6-19(15-18)25-21-7-2-3-8-22(21)26(32)30(27-25)24-16-20(9-10-23(24)31(34)35)29-11-13-36-14-12-29/h2-10,15-16,33H,11-14H2,1H3. The lowest BCUT2D eigenvalue weighted by molar-refractivity contribution is -0.384. The fourth-order valence-corrected chi connectivity index (χ4v) is 4.37. The molecule has 1 aliphatic heterocycles. The largest absolute Gasteiger partial charge is 0.411 e. The number of benzene rings is 3. The van der Waals surface area contributed by atoms with Gasteiger partial charge >= 0.3 is 0 Å². The molecule has 1 N–H and O–H groups in total. The van der Waals surface area contributed by atoms with Gasteiger partial charge in [-0.05, 0) is 36.8 Å². The summed E-state index contributed by atoms with van der Waals surface area (Å²) in [6.07, 6.45) is 0. The number of rotatable bonds is 5. The number of oxime groups is 1. The van der Waals surface area contributed by atoms with Gasteiger partial charge in [0.2, 0.25) is 0 Å². The predicted molar refractivity (Wildman–Crippen MR) is 136 cm³/mol. The zero-order chi connectivity index (χ0) is 25.2. The Balaban J connectivity index is 1.77. The molecule has 5 rings (SSSR count). The molecular weight excluding hydrogens is 462 g/mol. The van der Waals surface area contributed by atoms with Gasteiger partial charge in [-0.25, -0.2) is 0 Å². The molecule has 2 heterocycles. The van der Waals surface area contributed by atoms with Crippen LogP contribution in [0.3, 0.4) is 0 Å². The summed E-state index contributed by atoms with van der Waals surface area (Å²) in [6, 6.07) is 19.0. The van der Waals surface area contributed by atoms with E-state index < -0.39 is 10.5 Å². The quantitative estimate of drug-likeness (QED) is 0.196. The van der Waals surface area contributed by atoms with E-state index >= 15 is 0 Å². The van der Waals surface area contributed by atoms with Crippen molar-refractivity contribution >= 4 is 27.9 Å². The topological polar surface area (TPSA) is 123 Å². The first-order chi connectivity index (χ1) is 17.5. The molecule has 1 fully saturated rings. The highest BCUT2D eigenvalue weighted by Crippen LogP contribution is 2.31. The van der Waals surface area contributed by atoms with Gasteiger partial charge in [-0.3, -0.25) is 14.9 Å². The van der Waals surface area contributed by atoms with E-state index in [1.54, 1.807) is 55.5 Å². The molecule has 0 amide bonds. The van der Waals surface area contributed by atoms with Crippen molar-refractivity contribution in [3.8, 4) is 16.9 Å². The lowest BCUT2D eigenvalue weighted by Gasteiger charge is -2.29. The van der Waals surface area contributed by atoms with Crippen molar-refractivity contribution in [3.05, 3.63) is 92.8 Å². The maximum atomic E-state index is 13.6. The second kappa shape index (κ2) is 9.59. The Morgan fingerprint density at radius 1 is 1.06 bits per heavy atom. The van der Waals surface area contributed by atoms with Gasteiger partial charge in [0.1, 0.15) is 5.69 Å². The third-order valence-corrected chi connectivity index (χ3v) is 6.27. The zero-order valence-electron chi connectivity index (χ0n) is 19.5. The first-order valence-electron chi connectivity index (χ1n) is 11.4. The SMILES string of the molecule is CC(=NO)c1cccc(-c2nn(-c3cc(N4CCOCC4)ccc3[N+](=O)[O-])c(=O)c3ccccc23)c1. The number of hydrogen-bond acceptors (Lipinski definition) is 8. The van der Waals surface area contributed by atoms with E-state index in [9.17, 15) is 20.1 Å². The van der Waals surface area contributed by atoms with Crippen LogP contribution in [0.5, 0.6) is 0 Å². The molecule has 0 spiro atoms. The summed E-state index contributed by atoms with van der Waals surface area (Å²) in [5.41, 5.74) is 2.41. The van der Waals surface area contributed by atoms with Gasteiger partial charge in [0, 0.05) is 35.8 Å². The number of nitro groups is 1. The second-order valence-corrected chi connectivity index (χ2v) is 8.41. The normalized spacial score (nSPS) is 14.2. The van der Waals surface area contributed by atoms with E-state index in [2.05, 4.69) is 15.2 Å². The van der Waals surface area contributed by atoms with Crippen LogP contribution in [0.1, 0.15) is 12.5 Å². The Bertz CT molecular complexity index is 1560. The summed E-state index contributed by atoms with van der Waals surface area (Å²) in [4.78, 5) is 27.1. The van der Waals surface area contributed by atoms with E-state index in [1.165, 1.54) is 6.07 Å². The van der Waals surface area contributed by atoms with Crippen molar-refractivity contribution in [1.82, 2.24) is 9.78 Å². The summed E-state index contributed by atoms with van der Waals surface area (Å²) in [5.74, 6) is 0. The Hall–Kier alpha value is -4.57. The predicted octanol–water partition coefficient (Wildman–Crippen LogP) is 4.00. The second-order valence-electron chi connectivity index (χ2n) is 8.41. The van der Waals surface area contributed by atoms with Crippen LogP contribution in [-0.2, 0) is 4.74 Å². The van der Waals surface area contributed by atoms with Gasteiger partial charge in [-0.2, -0.15) is 9.78 Å². The van der Waals surface area contributed by atoms with E-state index in [4.69, 9.17) is 4.74 Å². The Morgan fingerprint density at radius 2 is 1.81 bits per heavy atom. The monoisotopic (exact) mass is 485 g/mol.